The van der Waals surface area contributed by atoms with Crippen LogP contribution in [-0.4, -0.2) is 22.4 Å². The fourth-order valence-corrected chi connectivity index (χ4v) is 2.79. The van der Waals surface area contributed by atoms with Gasteiger partial charge in [-0.05, 0) is 40.5 Å². The summed E-state index contributed by atoms with van der Waals surface area (Å²) < 4.78 is 1.97. The molecule has 1 aromatic rings. The number of halogens is 1. The summed E-state index contributed by atoms with van der Waals surface area (Å²) in [6, 6.07) is 0. The van der Waals surface area contributed by atoms with E-state index in [9.17, 15) is 10.1 Å². The number of imidazole rings is 1. The minimum Gasteiger partial charge on any atom is -0.358 e. The molecule has 1 heterocycles. The van der Waals surface area contributed by atoms with Crippen molar-refractivity contribution in [2.75, 3.05) is 0 Å². The molecular weight excluding hydrogens is 254 g/mol. The molecule has 0 unspecified atom stereocenters. The highest BCUT2D eigenvalue weighted by molar-refractivity contribution is 9.10. The summed E-state index contributed by atoms with van der Waals surface area (Å²) in [4.78, 5) is 14.2. The Labute approximate surface area is 85.1 Å². The van der Waals surface area contributed by atoms with Gasteiger partial charge in [0.05, 0.1) is 0 Å². The zero-order valence-corrected chi connectivity index (χ0v) is 10.2. The molecule has 5 nitrogen and oxygen atoms in total. The molecule has 0 fully saturated rings. The molecule has 0 aliphatic rings. The summed E-state index contributed by atoms with van der Waals surface area (Å²) in [7, 11) is -1.74. The van der Waals surface area contributed by atoms with Crippen LogP contribution in [0, 0.1) is 10.1 Å². The van der Waals surface area contributed by atoms with Crippen molar-refractivity contribution in [3.05, 3.63) is 21.0 Å². The molecule has 13 heavy (non-hydrogen) atoms. The Morgan fingerprint density at radius 3 is 2.46 bits per heavy atom. The van der Waals surface area contributed by atoms with Gasteiger partial charge in [-0.1, -0.05) is 0 Å². The van der Waals surface area contributed by atoms with Crippen LogP contribution in [0.3, 0.4) is 0 Å². The van der Waals surface area contributed by atoms with E-state index in [0.29, 0.717) is 4.60 Å². The highest BCUT2D eigenvalue weighted by atomic mass is 79.9. The van der Waals surface area contributed by atoms with Crippen molar-refractivity contribution in [3.8, 4) is 0 Å². The third kappa shape index (κ3) is 1.97. The van der Waals surface area contributed by atoms with Crippen molar-refractivity contribution in [2.24, 2.45) is 0 Å². The van der Waals surface area contributed by atoms with E-state index in [2.05, 4.69) is 20.9 Å². The molecule has 1 rings (SSSR count). The smallest absolute Gasteiger partial charge is 0.343 e. The van der Waals surface area contributed by atoms with Gasteiger partial charge in [-0.15, -0.1) is 0 Å². The van der Waals surface area contributed by atoms with Crippen LogP contribution in [0.1, 0.15) is 0 Å². The van der Waals surface area contributed by atoms with Gasteiger partial charge in [0, 0.05) is 0 Å². The van der Waals surface area contributed by atoms with E-state index in [1.165, 1.54) is 6.33 Å². The predicted octanol–water partition coefficient (Wildman–Crippen LogP) is 2.24. The Bertz CT molecular complexity index is 344. The lowest BCUT2D eigenvalue weighted by Crippen LogP contribution is -2.32. The molecule has 0 aromatic carbocycles. The van der Waals surface area contributed by atoms with Crippen LogP contribution < -0.4 is 0 Å². The summed E-state index contributed by atoms with van der Waals surface area (Å²) in [5.74, 6) is 0.0548. The van der Waals surface area contributed by atoms with Crippen LogP contribution in [0.25, 0.3) is 0 Å². The third-order valence-corrected chi connectivity index (χ3v) is 3.93. The summed E-state index contributed by atoms with van der Waals surface area (Å²) in [6.07, 6.45) is 1.52. The van der Waals surface area contributed by atoms with Gasteiger partial charge < -0.3 is 10.1 Å². The second-order valence-corrected chi connectivity index (χ2v) is 9.23. The quantitative estimate of drug-likeness (QED) is 0.467. The van der Waals surface area contributed by atoms with Crippen molar-refractivity contribution in [3.63, 3.8) is 0 Å². The largest absolute Gasteiger partial charge is 0.358 e. The molecule has 0 bridgehead atoms. The number of nitrogens with zero attached hydrogens (tertiary/aromatic N) is 3. The zero-order chi connectivity index (χ0) is 10.2. The minimum atomic E-state index is -1.74. The molecule has 0 aliphatic carbocycles. The fraction of sp³-hybridized carbons (Fsp3) is 0.500. The Morgan fingerprint density at radius 2 is 2.15 bits per heavy atom. The number of nitro groups is 1. The van der Waals surface area contributed by atoms with Crippen LogP contribution in [0.5, 0.6) is 0 Å². The van der Waals surface area contributed by atoms with Crippen LogP contribution in [-0.2, 0) is 0 Å². The maximum atomic E-state index is 10.7. The molecule has 72 valence electrons. The van der Waals surface area contributed by atoms with Crippen LogP contribution in [0.4, 0.5) is 5.82 Å². The van der Waals surface area contributed by atoms with E-state index in [1.807, 2.05) is 19.6 Å². The molecule has 0 amide bonds. The van der Waals surface area contributed by atoms with E-state index in [0.717, 1.165) is 0 Å². The van der Waals surface area contributed by atoms with Crippen molar-refractivity contribution in [2.45, 2.75) is 19.6 Å². The Hall–Kier alpha value is -0.693. The molecule has 0 spiro atoms. The minimum absolute atomic E-state index is 0.0548. The van der Waals surface area contributed by atoms with Crippen molar-refractivity contribution in [1.29, 1.82) is 0 Å². The second kappa shape index (κ2) is 3.22. The first-order valence-electron chi connectivity index (χ1n) is 3.71. The lowest BCUT2D eigenvalue weighted by molar-refractivity contribution is -0.391. The summed E-state index contributed by atoms with van der Waals surface area (Å²) >= 11 is 3.06. The van der Waals surface area contributed by atoms with Gasteiger partial charge in [0.25, 0.3) is 8.24 Å². The second-order valence-electron chi connectivity index (χ2n) is 3.66. The molecule has 1 aromatic heterocycles. The molecule has 0 radical (unpaired) electrons. The maximum absolute atomic E-state index is 10.7. The average Bonchev–Trinajstić information content (AvgIpc) is 2.28. The molecule has 0 aliphatic heterocycles. The SMILES string of the molecule is C[Si](C)(C)n1cnc(Br)c1[N+](=O)[O-]. The van der Waals surface area contributed by atoms with Gasteiger partial charge in [-0.3, -0.25) is 4.23 Å². The number of hydrogen-bond donors (Lipinski definition) is 0. The average molecular weight is 264 g/mol. The summed E-state index contributed by atoms with van der Waals surface area (Å²) in [6.45, 7) is 6.07. The zero-order valence-electron chi connectivity index (χ0n) is 7.61. The van der Waals surface area contributed by atoms with Gasteiger partial charge in [0.2, 0.25) is 4.60 Å². The highest BCUT2D eigenvalue weighted by Gasteiger charge is 2.31. The molecule has 0 saturated carbocycles. The van der Waals surface area contributed by atoms with Gasteiger partial charge in [0.1, 0.15) is 0 Å². The van der Waals surface area contributed by atoms with E-state index in [4.69, 9.17) is 0 Å². The van der Waals surface area contributed by atoms with E-state index >= 15 is 0 Å². The molecule has 0 saturated heterocycles. The third-order valence-electron chi connectivity index (χ3n) is 1.59. The summed E-state index contributed by atoms with van der Waals surface area (Å²) in [5.41, 5.74) is 0. The first-order chi connectivity index (χ1) is 5.84. The normalized spacial score (nSPS) is 11.7. The monoisotopic (exact) mass is 263 g/mol. The van der Waals surface area contributed by atoms with Gasteiger partial charge >= 0.3 is 5.82 Å². The van der Waals surface area contributed by atoms with Gasteiger partial charge in [-0.25, -0.2) is 4.98 Å². The van der Waals surface area contributed by atoms with E-state index in [1.54, 1.807) is 4.23 Å². The molecule has 0 atom stereocenters. The molecular formula is C6H10BrN3O2Si. The molecule has 7 heteroatoms. The predicted molar refractivity (Wildman–Crippen MR) is 55.3 cm³/mol. The molecule has 0 N–H and O–H groups in total. The maximum Gasteiger partial charge on any atom is 0.343 e. The topological polar surface area (TPSA) is 61.0 Å². The van der Waals surface area contributed by atoms with Crippen LogP contribution in [0.2, 0.25) is 19.6 Å². The van der Waals surface area contributed by atoms with Crippen LogP contribution in [0.15, 0.2) is 10.9 Å². The van der Waals surface area contributed by atoms with Crippen molar-refractivity contribution >= 4 is 30.0 Å². The van der Waals surface area contributed by atoms with Gasteiger partial charge in [0.15, 0.2) is 6.33 Å². The number of rotatable bonds is 2. The lowest BCUT2D eigenvalue weighted by Gasteiger charge is -2.12. The van der Waals surface area contributed by atoms with Crippen LogP contribution >= 0.6 is 15.9 Å². The lowest BCUT2D eigenvalue weighted by atomic mass is 10.8. The van der Waals surface area contributed by atoms with Crippen molar-refractivity contribution in [1.82, 2.24) is 9.22 Å². The van der Waals surface area contributed by atoms with E-state index < -0.39 is 13.2 Å². The Morgan fingerprint density at radius 1 is 1.62 bits per heavy atom. The van der Waals surface area contributed by atoms with Crippen molar-refractivity contribution < 1.29 is 4.92 Å². The number of aromatic nitrogens is 2. The number of hydrogen-bond acceptors (Lipinski definition) is 3. The first kappa shape index (κ1) is 10.4. The summed E-state index contributed by atoms with van der Waals surface area (Å²) in [5, 5.41) is 10.7. The first-order valence-corrected chi connectivity index (χ1v) is 7.96. The van der Waals surface area contributed by atoms with Gasteiger partial charge in [-0.2, -0.15) is 0 Å². The fourth-order valence-electron chi connectivity index (χ4n) is 0.974. The highest BCUT2D eigenvalue weighted by Crippen LogP contribution is 2.25. The Kier molecular flexibility index (Phi) is 2.57. The standard InChI is InChI=1S/C6H10BrN3O2Si/c1-13(2,3)9-4-8-5(7)6(9)10(11)12/h4H,1-3H3. The Balaban J connectivity index is 3.31. The van der Waals surface area contributed by atoms with E-state index in [-0.39, 0.29) is 5.82 Å².